The normalized spacial score (nSPS) is 21.3. The number of alkyl halides is 3. The average molecular weight is 369 g/mol. The van der Waals surface area contributed by atoms with E-state index in [2.05, 4.69) is 22.8 Å². The molecule has 1 aliphatic heterocycles. The third-order valence-corrected chi connectivity index (χ3v) is 4.91. The van der Waals surface area contributed by atoms with Gasteiger partial charge in [0.2, 0.25) is 0 Å². The summed E-state index contributed by atoms with van der Waals surface area (Å²) in [6, 6.07) is 13.8. The molecule has 1 aliphatic rings. The van der Waals surface area contributed by atoms with Crippen LogP contribution in [-0.4, -0.2) is 12.6 Å². The molecule has 2 unspecified atom stereocenters. The Morgan fingerprint density at radius 3 is 2.60 bits per heavy atom. The number of nitrogens with one attached hydrogen (secondary N) is 2. The van der Waals surface area contributed by atoms with Gasteiger partial charge in [-0.2, -0.15) is 13.2 Å². The van der Waals surface area contributed by atoms with Gasteiger partial charge < -0.3 is 10.6 Å². The lowest BCUT2D eigenvalue weighted by molar-refractivity contribution is -0.137. The topological polar surface area (TPSA) is 24.1 Å². The summed E-state index contributed by atoms with van der Waals surface area (Å²) in [7, 11) is 0. The van der Waals surface area contributed by atoms with Crippen molar-refractivity contribution < 1.29 is 13.2 Å². The van der Waals surface area contributed by atoms with E-state index in [9.17, 15) is 13.2 Å². The van der Waals surface area contributed by atoms with E-state index in [4.69, 9.17) is 11.6 Å². The molecule has 2 aromatic rings. The van der Waals surface area contributed by atoms with Crippen molar-refractivity contribution in [2.75, 3.05) is 6.54 Å². The SMILES string of the molecule is FC(F)(F)c1ccc(Cl)c(CNC2CCCNC2c2ccccc2)c1. The quantitative estimate of drug-likeness (QED) is 0.798. The Bertz CT molecular complexity index is 704. The molecule has 0 aliphatic carbocycles. The zero-order valence-corrected chi connectivity index (χ0v) is 14.4. The molecule has 1 fully saturated rings. The molecule has 134 valence electrons. The maximum atomic E-state index is 12.9. The number of hydrogen-bond acceptors (Lipinski definition) is 2. The highest BCUT2D eigenvalue weighted by Gasteiger charge is 2.31. The van der Waals surface area contributed by atoms with Gasteiger partial charge in [-0.15, -0.1) is 0 Å². The predicted molar refractivity (Wildman–Crippen MR) is 93.5 cm³/mol. The van der Waals surface area contributed by atoms with E-state index in [0.29, 0.717) is 17.1 Å². The van der Waals surface area contributed by atoms with Crippen molar-refractivity contribution in [1.82, 2.24) is 10.6 Å². The molecule has 0 saturated carbocycles. The highest BCUT2D eigenvalue weighted by atomic mass is 35.5. The molecule has 2 atom stereocenters. The monoisotopic (exact) mass is 368 g/mol. The van der Waals surface area contributed by atoms with Crippen LogP contribution in [0.2, 0.25) is 5.02 Å². The van der Waals surface area contributed by atoms with Crippen molar-refractivity contribution in [3.8, 4) is 0 Å². The Labute approximate surface area is 150 Å². The van der Waals surface area contributed by atoms with E-state index >= 15 is 0 Å². The number of hydrogen-bond donors (Lipinski definition) is 2. The van der Waals surface area contributed by atoms with Crippen molar-refractivity contribution in [1.29, 1.82) is 0 Å². The molecule has 0 amide bonds. The first-order chi connectivity index (χ1) is 11.9. The smallest absolute Gasteiger partial charge is 0.309 e. The number of piperidine rings is 1. The first-order valence-corrected chi connectivity index (χ1v) is 8.70. The van der Waals surface area contributed by atoms with Crippen LogP contribution in [0.15, 0.2) is 48.5 Å². The second kappa shape index (κ2) is 7.77. The maximum absolute atomic E-state index is 12.9. The summed E-state index contributed by atoms with van der Waals surface area (Å²) < 4.78 is 38.7. The van der Waals surface area contributed by atoms with E-state index in [-0.39, 0.29) is 12.1 Å². The number of rotatable bonds is 4. The van der Waals surface area contributed by atoms with Crippen LogP contribution in [0, 0.1) is 0 Å². The van der Waals surface area contributed by atoms with Crippen LogP contribution in [0.25, 0.3) is 0 Å². The Kier molecular flexibility index (Phi) is 5.67. The van der Waals surface area contributed by atoms with Crippen LogP contribution in [0.1, 0.15) is 35.6 Å². The van der Waals surface area contributed by atoms with Gasteiger partial charge in [-0.05, 0) is 48.7 Å². The Hall–Kier alpha value is -1.56. The zero-order valence-electron chi connectivity index (χ0n) is 13.6. The molecule has 25 heavy (non-hydrogen) atoms. The largest absolute Gasteiger partial charge is 0.416 e. The minimum atomic E-state index is -4.36. The Morgan fingerprint density at radius 2 is 1.88 bits per heavy atom. The predicted octanol–water partition coefficient (Wildman–Crippen LogP) is 4.94. The molecular weight excluding hydrogens is 349 g/mol. The van der Waals surface area contributed by atoms with Gasteiger partial charge in [0, 0.05) is 23.7 Å². The van der Waals surface area contributed by atoms with Crippen LogP contribution in [0.5, 0.6) is 0 Å². The van der Waals surface area contributed by atoms with E-state index in [1.165, 1.54) is 11.6 Å². The van der Waals surface area contributed by atoms with E-state index in [1.54, 1.807) is 0 Å². The molecule has 0 aromatic heterocycles. The fourth-order valence-corrected chi connectivity index (χ4v) is 3.43. The molecule has 0 bridgehead atoms. The third-order valence-electron chi connectivity index (χ3n) is 4.54. The van der Waals surface area contributed by atoms with Gasteiger partial charge in [-0.25, -0.2) is 0 Å². The van der Waals surface area contributed by atoms with E-state index in [1.807, 2.05) is 18.2 Å². The lowest BCUT2D eigenvalue weighted by atomic mass is 9.92. The first kappa shape index (κ1) is 18.2. The highest BCUT2D eigenvalue weighted by Crippen LogP contribution is 2.32. The fraction of sp³-hybridized carbons (Fsp3) is 0.368. The second-order valence-electron chi connectivity index (χ2n) is 6.28. The van der Waals surface area contributed by atoms with Gasteiger partial charge in [0.1, 0.15) is 0 Å². The van der Waals surface area contributed by atoms with Crippen molar-refractivity contribution in [2.24, 2.45) is 0 Å². The van der Waals surface area contributed by atoms with Crippen LogP contribution in [-0.2, 0) is 12.7 Å². The van der Waals surface area contributed by atoms with Crippen LogP contribution in [0.3, 0.4) is 0 Å². The Morgan fingerprint density at radius 1 is 1.12 bits per heavy atom. The van der Waals surface area contributed by atoms with Gasteiger partial charge in [-0.3, -0.25) is 0 Å². The van der Waals surface area contributed by atoms with Crippen LogP contribution in [0.4, 0.5) is 13.2 Å². The molecule has 3 rings (SSSR count). The highest BCUT2D eigenvalue weighted by molar-refractivity contribution is 6.31. The molecule has 1 saturated heterocycles. The summed E-state index contributed by atoms with van der Waals surface area (Å²) in [5.74, 6) is 0. The molecule has 2 nitrogen and oxygen atoms in total. The average Bonchev–Trinajstić information content (AvgIpc) is 2.61. The molecular formula is C19H20ClF3N2. The first-order valence-electron chi connectivity index (χ1n) is 8.32. The lowest BCUT2D eigenvalue weighted by Gasteiger charge is -2.34. The van der Waals surface area contributed by atoms with Gasteiger partial charge >= 0.3 is 6.18 Å². The summed E-state index contributed by atoms with van der Waals surface area (Å²) >= 11 is 6.09. The number of halogens is 4. The maximum Gasteiger partial charge on any atom is 0.416 e. The summed E-state index contributed by atoms with van der Waals surface area (Å²) in [5.41, 5.74) is 0.971. The molecule has 6 heteroatoms. The van der Waals surface area contributed by atoms with E-state index in [0.717, 1.165) is 31.5 Å². The fourth-order valence-electron chi connectivity index (χ4n) is 3.25. The molecule has 0 spiro atoms. The Balaban J connectivity index is 1.73. The summed E-state index contributed by atoms with van der Waals surface area (Å²) in [5, 5.41) is 7.24. The molecule has 2 N–H and O–H groups in total. The molecule has 1 heterocycles. The van der Waals surface area contributed by atoms with Crippen molar-refractivity contribution in [3.63, 3.8) is 0 Å². The van der Waals surface area contributed by atoms with Gasteiger partial charge in [0.05, 0.1) is 5.56 Å². The van der Waals surface area contributed by atoms with Gasteiger partial charge in [0.15, 0.2) is 0 Å². The van der Waals surface area contributed by atoms with Crippen molar-refractivity contribution >= 4 is 11.6 Å². The lowest BCUT2D eigenvalue weighted by Crippen LogP contribution is -2.45. The van der Waals surface area contributed by atoms with E-state index < -0.39 is 11.7 Å². The summed E-state index contributed by atoms with van der Waals surface area (Å²) in [4.78, 5) is 0. The van der Waals surface area contributed by atoms with Crippen molar-refractivity contribution in [3.05, 3.63) is 70.2 Å². The molecule has 2 aromatic carbocycles. The standard InChI is InChI=1S/C19H20ClF3N2/c20-16-9-8-15(19(21,22)23)11-14(16)12-25-17-7-4-10-24-18(17)13-5-2-1-3-6-13/h1-3,5-6,8-9,11,17-18,24-25H,4,7,10,12H2. The van der Waals surface area contributed by atoms with Gasteiger partial charge in [-0.1, -0.05) is 41.9 Å². The minimum Gasteiger partial charge on any atom is -0.309 e. The minimum absolute atomic E-state index is 0.138. The third kappa shape index (κ3) is 4.54. The van der Waals surface area contributed by atoms with Crippen LogP contribution >= 0.6 is 11.6 Å². The number of benzene rings is 2. The van der Waals surface area contributed by atoms with Gasteiger partial charge in [0.25, 0.3) is 0 Å². The second-order valence-corrected chi connectivity index (χ2v) is 6.68. The van der Waals surface area contributed by atoms with Crippen LogP contribution < -0.4 is 10.6 Å². The molecule has 0 radical (unpaired) electrons. The summed E-state index contributed by atoms with van der Waals surface area (Å²) in [6.45, 7) is 1.24. The zero-order chi connectivity index (χ0) is 17.9. The summed E-state index contributed by atoms with van der Waals surface area (Å²) in [6.07, 6.45) is -2.38. The van der Waals surface area contributed by atoms with Crippen molar-refractivity contribution in [2.45, 2.75) is 37.6 Å².